The van der Waals surface area contributed by atoms with Crippen molar-refractivity contribution in [1.82, 2.24) is 0 Å². The zero-order chi connectivity index (χ0) is 24.7. The second-order valence-electron chi connectivity index (χ2n) is 6.47. The van der Waals surface area contributed by atoms with Gasteiger partial charge in [0.2, 0.25) is 0 Å². The Bertz CT molecular complexity index is 370. The van der Waals surface area contributed by atoms with Gasteiger partial charge in [0.15, 0.2) is 4.28 Å². The van der Waals surface area contributed by atoms with Crippen LogP contribution < -0.4 is 0 Å². The smallest absolute Gasteiger partial charge is 0.373 e. The van der Waals surface area contributed by atoms with E-state index in [-0.39, 0.29) is 0 Å². The molecule has 0 aliphatic heterocycles. The van der Waals surface area contributed by atoms with E-state index in [1.165, 1.54) is 0 Å². The molecule has 0 atom stereocenters. The van der Waals surface area contributed by atoms with E-state index >= 15 is 0 Å². The Morgan fingerprint density at radius 3 is 0.594 bits per heavy atom. The lowest BCUT2D eigenvalue weighted by molar-refractivity contribution is -0.00193. The summed E-state index contributed by atoms with van der Waals surface area (Å²) >= 11 is 0. The van der Waals surface area contributed by atoms with Crippen molar-refractivity contribution < 1.29 is 39.8 Å². The summed E-state index contributed by atoms with van der Waals surface area (Å²) in [7, 11) is -11.3. The summed E-state index contributed by atoms with van der Waals surface area (Å²) in [6.07, 6.45) is 0. The van der Waals surface area contributed by atoms with Crippen LogP contribution in [0.5, 0.6) is 0 Å². The standard InChI is InChI=1S/C20H47O9Si3/c1-11-21-30(22-12-2,23-13-3)20(10,31(24-14-4,25-15-5)26-16-6)32(27-17-7,28-18-8)29-19-9/h10-19H2,1-9H3. The molecule has 0 heterocycles. The average Bonchev–Trinajstić information content (AvgIpc) is 2.74. The summed E-state index contributed by atoms with van der Waals surface area (Å²) in [6.45, 7) is 24.6. The highest BCUT2D eigenvalue weighted by Gasteiger charge is 2.87. The molecule has 9 nitrogen and oxygen atoms in total. The van der Waals surface area contributed by atoms with Crippen molar-refractivity contribution in [2.75, 3.05) is 59.5 Å². The first-order valence-electron chi connectivity index (χ1n) is 11.9. The molecule has 0 spiro atoms. The van der Waals surface area contributed by atoms with Gasteiger partial charge in [-0.25, -0.2) is 0 Å². The van der Waals surface area contributed by atoms with Crippen LogP contribution in [0.15, 0.2) is 0 Å². The van der Waals surface area contributed by atoms with E-state index in [0.717, 1.165) is 0 Å². The topological polar surface area (TPSA) is 83.1 Å². The third-order valence-corrected chi connectivity index (χ3v) is 19.2. The third kappa shape index (κ3) is 6.49. The fourth-order valence-corrected chi connectivity index (χ4v) is 18.5. The quantitative estimate of drug-likeness (QED) is 0.212. The van der Waals surface area contributed by atoms with E-state index in [2.05, 4.69) is 0 Å². The van der Waals surface area contributed by atoms with Crippen molar-refractivity contribution in [1.29, 1.82) is 0 Å². The minimum Gasteiger partial charge on any atom is -0.373 e. The summed E-state index contributed by atoms with van der Waals surface area (Å²) in [5.41, 5.74) is 0. The molecule has 0 bridgehead atoms. The molecule has 0 aliphatic carbocycles. The Morgan fingerprint density at radius 2 is 0.500 bits per heavy atom. The first-order chi connectivity index (χ1) is 15.3. The molecule has 0 amide bonds. The molecule has 0 aromatic heterocycles. The molecule has 0 fully saturated rings. The van der Waals surface area contributed by atoms with Crippen molar-refractivity contribution in [2.45, 2.75) is 66.6 Å². The van der Waals surface area contributed by atoms with E-state index in [1.807, 2.05) is 62.3 Å². The van der Waals surface area contributed by atoms with Crippen LogP contribution in [0.1, 0.15) is 62.3 Å². The van der Waals surface area contributed by atoms with Gasteiger partial charge in [0.05, 0.1) is 0 Å². The highest BCUT2D eigenvalue weighted by atomic mass is 28.5. The van der Waals surface area contributed by atoms with Crippen LogP contribution >= 0.6 is 0 Å². The van der Waals surface area contributed by atoms with Crippen LogP contribution in [0.2, 0.25) is 4.28 Å². The lowest BCUT2D eigenvalue weighted by Crippen LogP contribution is -2.81. The summed E-state index contributed by atoms with van der Waals surface area (Å²) in [5.74, 6) is 0. The fraction of sp³-hybridized carbons (Fsp3) is 0.950. The molecular formula is C20H47O9Si3. The molecule has 0 N–H and O–H groups in total. The zero-order valence-electron chi connectivity index (χ0n) is 21.7. The van der Waals surface area contributed by atoms with Crippen LogP contribution in [0.4, 0.5) is 0 Å². The number of hydrogen-bond acceptors (Lipinski definition) is 9. The van der Waals surface area contributed by atoms with Gasteiger partial charge in [-0.1, -0.05) is 0 Å². The predicted octanol–water partition coefficient (Wildman–Crippen LogP) is 3.78. The van der Waals surface area contributed by atoms with Crippen molar-refractivity contribution in [3.8, 4) is 0 Å². The summed E-state index contributed by atoms with van der Waals surface area (Å²) in [6, 6.07) is 0. The monoisotopic (exact) mass is 515 g/mol. The SMILES string of the molecule is [CH2]C([Si](OCC)(OCC)OCC)([Si](OCC)(OCC)OCC)[Si](OCC)(OCC)OCC. The zero-order valence-corrected chi connectivity index (χ0v) is 24.7. The van der Waals surface area contributed by atoms with Crippen molar-refractivity contribution in [3.63, 3.8) is 0 Å². The van der Waals surface area contributed by atoms with Gasteiger partial charge in [-0.2, -0.15) is 0 Å². The highest BCUT2D eigenvalue weighted by molar-refractivity contribution is 7.03. The molecule has 0 unspecified atom stereocenters. The van der Waals surface area contributed by atoms with E-state index < -0.39 is 30.7 Å². The van der Waals surface area contributed by atoms with Gasteiger partial charge in [0.1, 0.15) is 0 Å². The summed E-state index contributed by atoms with van der Waals surface area (Å²) < 4.78 is 56.1. The molecule has 0 saturated carbocycles. The second-order valence-corrected chi connectivity index (χ2v) is 16.5. The Balaban J connectivity index is 7.63. The van der Waals surface area contributed by atoms with E-state index in [1.54, 1.807) is 0 Å². The molecule has 1 radical (unpaired) electrons. The largest absolute Gasteiger partial charge is 0.516 e. The van der Waals surface area contributed by atoms with Gasteiger partial charge in [0, 0.05) is 59.5 Å². The Hall–Kier alpha value is 0.291. The molecule has 0 aromatic rings. The van der Waals surface area contributed by atoms with E-state index in [9.17, 15) is 0 Å². The van der Waals surface area contributed by atoms with Crippen molar-refractivity contribution in [3.05, 3.63) is 6.92 Å². The first-order valence-corrected chi connectivity index (χ1v) is 17.1. The van der Waals surface area contributed by atoms with Gasteiger partial charge < -0.3 is 39.8 Å². The van der Waals surface area contributed by atoms with Crippen LogP contribution in [0, 0.1) is 6.92 Å². The average molecular weight is 516 g/mol. The third-order valence-electron chi connectivity index (χ3n) is 4.58. The molecule has 0 aromatic carbocycles. The summed E-state index contributed by atoms with van der Waals surface area (Å²) in [5, 5.41) is 0. The molecule has 32 heavy (non-hydrogen) atoms. The van der Waals surface area contributed by atoms with Gasteiger partial charge in [-0.3, -0.25) is 0 Å². The van der Waals surface area contributed by atoms with Crippen molar-refractivity contribution in [2.24, 2.45) is 0 Å². The van der Waals surface area contributed by atoms with Gasteiger partial charge >= 0.3 is 26.4 Å². The Morgan fingerprint density at radius 1 is 0.375 bits per heavy atom. The molecule has 12 heteroatoms. The number of rotatable bonds is 21. The Labute approximate surface area is 199 Å². The van der Waals surface area contributed by atoms with Crippen LogP contribution in [0.25, 0.3) is 0 Å². The lowest BCUT2D eigenvalue weighted by Gasteiger charge is -2.54. The van der Waals surface area contributed by atoms with Crippen LogP contribution in [0.3, 0.4) is 0 Å². The first kappa shape index (κ1) is 32.3. The maximum atomic E-state index is 6.39. The fourth-order valence-electron chi connectivity index (χ4n) is 3.76. The normalized spacial score (nSPS) is 13.7. The van der Waals surface area contributed by atoms with Crippen molar-refractivity contribution >= 4 is 26.4 Å². The lowest BCUT2D eigenvalue weighted by atomic mass is 10.9. The minimum atomic E-state index is -3.78. The molecular weight excluding hydrogens is 468 g/mol. The minimum absolute atomic E-state index is 0.327. The van der Waals surface area contributed by atoms with Crippen LogP contribution in [-0.2, 0) is 39.8 Å². The second kappa shape index (κ2) is 16.1. The van der Waals surface area contributed by atoms with E-state index in [4.69, 9.17) is 46.8 Å². The van der Waals surface area contributed by atoms with Crippen LogP contribution in [-0.4, -0.2) is 85.9 Å². The highest BCUT2D eigenvalue weighted by Crippen LogP contribution is 2.56. The van der Waals surface area contributed by atoms with Gasteiger partial charge in [-0.15, -0.1) is 0 Å². The molecule has 193 valence electrons. The predicted molar refractivity (Wildman–Crippen MR) is 130 cm³/mol. The maximum absolute atomic E-state index is 6.39. The molecule has 0 aliphatic rings. The van der Waals surface area contributed by atoms with E-state index in [0.29, 0.717) is 59.5 Å². The Kier molecular flexibility index (Phi) is 16.2. The van der Waals surface area contributed by atoms with Gasteiger partial charge in [0.25, 0.3) is 0 Å². The maximum Gasteiger partial charge on any atom is 0.516 e. The molecule has 0 saturated heterocycles. The van der Waals surface area contributed by atoms with Gasteiger partial charge in [-0.05, 0) is 69.2 Å². The molecule has 0 rings (SSSR count). The summed E-state index contributed by atoms with van der Waals surface area (Å²) in [4.78, 5) is 0. The number of hydrogen-bond donors (Lipinski definition) is 0.